The molecule has 0 aliphatic rings. The van der Waals surface area contributed by atoms with Gasteiger partial charge in [0.15, 0.2) is 5.82 Å². The van der Waals surface area contributed by atoms with E-state index in [1.807, 2.05) is 51.1 Å². The first-order valence-corrected chi connectivity index (χ1v) is 12.9. The van der Waals surface area contributed by atoms with Crippen LogP contribution in [0.25, 0.3) is 55.7 Å². The number of carbonyl (C=O) groups is 1. The summed E-state index contributed by atoms with van der Waals surface area (Å²) in [7, 11) is 0. The summed E-state index contributed by atoms with van der Waals surface area (Å²) in [5.41, 5.74) is 9.18. The highest BCUT2D eigenvalue weighted by Crippen LogP contribution is 2.34. The summed E-state index contributed by atoms with van der Waals surface area (Å²) < 4.78 is 0. The molecule has 4 heterocycles. The zero-order chi connectivity index (χ0) is 27.1. The van der Waals surface area contributed by atoms with Crippen molar-refractivity contribution in [2.45, 2.75) is 34.1 Å². The average molecular weight is 516 g/mol. The number of carbonyl (C=O) groups excluding carboxylic acids is 1. The number of rotatable bonds is 5. The molecule has 3 N–H and O–H groups in total. The van der Waals surface area contributed by atoms with Gasteiger partial charge < -0.3 is 10.3 Å². The minimum Gasteiger partial charge on any atom is -0.337 e. The molecule has 0 saturated carbocycles. The van der Waals surface area contributed by atoms with Crippen molar-refractivity contribution in [3.05, 3.63) is 78.9 Å². The fourth-order valence-corrected chi connectivity index (χ4v) is 4.85. The van der Waals surface area contributed by atoms with Crippen LogP contribution in [0.3, 0.4) is 0 Å². The molecule has 39 heavy (non-hydrogen) atoms. The second kappa shape index (κ2) is 9.47. The number of nitrogens with one attached hydrogen (secondary N) is 3. The number of imidazole rings is 1. The van der Waals surface area contributed by atoms with E-state index in [0.717, 1.165) is 55.4 Å². The van der Waals surface area contributed by atoms with E-state index < -0.39 is 0 Å². The van der Waals surface area contributed by atoms with Crippen molar-refractivity contribution in [3.63, 3.8) is 0 Å². The fraction of sp³-hybridized carbons (Fsp3) is 0.194. The predicted molar refractivity (Wildman–Crippen MR) is 155 cm³/mol. The van der Waals surface area contributed by atoms with E-state index in [0.29, 0.717) is 17.9 Å². The highest BCUT2D eigenvalue weighted by atomic mass is 16.1. The van der Waals surface area contributed by atoms with Crippen LogP contribution in [-0.4, -0.2) is 36.0 Å². The highest BCUT2D eigenvalue weighted by Gasteiger charge is 2.18. The molecular formula is C31H29N7O. The molecule has 0 aliphatic carbocycles. The van der Waals surface area contributed by atoms with Gasteiger partial charge >= 0.3 is 0 Å². The molecule has 8 nitrogen and oxygen atoms in total. The van der Waals surface area contributed by atoms with Crippen LogP contribution < -0.4 is 5.32 Å². The van der Waals surface area contributed by atoms with Gasteiger partial charge in [-0.1, -0.05) is 26.8 Å². The number of aryl methyl sites for hydroxylation is 1. The van der Waals surface area contributed by atoms with Crippen LogP contribution in [0.5, 0.6) is 0 Å². The third kappa shape index (κ3) is 5.01. The molecule has 8 heteroatoms. The summed E-state index contributed by atoms with van der Waals surface area (Å²) in [5.74, 6) is 0.663. The highest BCUT2D eigenvalue weighted by molar-refractivity contribution is 5.99. The van der Waals surface area contributed by atoms with Crippen LogP contribution in [0, 0.1) is 12.3 Å². The van der Waals surface area contributed by atoms with Crippen LogP contribution in [0.4, 0.5) is 5.69 Å². The largest absolute Gasteiger partial charge is 0.337 e. The molecule has 1 amide bonds. The number of anilines is 1. The number of pyridine rings is 2. The van der Waals surface area contributed by atoms with Gasteiger partial charge in [-0.2, -0.15) is 5.10 Å². The maximum atomic E-state index is 12.5. The summed E-state index contributed by atoms with van der Waals surface area (Å²) >= 11 is 0. The lowest BCUT2D eigenvalue weighted by atomic mass is 9.92. The molecule has 4 aromatic heterocycles. The molecule has 2 aromatic carbocycles. The summed E-state index contributed by atoms with van der Waals surface area (Å²) in [6.07, 6.45) is 7.48. The van der Waals surface area contributed by atoms with Crippen LogP contribution in [-0.2, 0) is 4.79 Å². The van der Waals surface area contributed by atoms with Gasteiger partial charge in [-0.05, 0) is 71.5 Å². The van der Waals surface area contributed by atoms with Crippen LogP contribution in [0.15, 0.2) is 73.3 Å². The van der Waals surface area contributed by atoms with Gasteiger partial charge in [0.25, 0.3) is 0 Å². The number of aromatic amines is 2. The number of aromatic nitrogens is 6. The molecular weight excluding hydrogens is 486 g/mol. The van der Waals surface area contributed by atoms with Crippen molar-refractivity contribution < 1.29 is 4.79 Å². The zero-order valence-corrected chi connectivity index (χ0v) is 22.3. The SMILES string of the molecule is Cc1cc(-c2ccncc2)c2nc(-c3n[nH]c4ccc(-c5cncc(NC(=O)CC(C)(C)C)c5)cc34)[nH]c2c1. The molecule has 0 spiro atoms. The molecule has 0 aliphatic heterocycles. The lowest BCUT2D eigenvalue weighted by molar-refractivity contribution is -0.117. The van der Waals surface area contributed by atoms with Crippen molar-refractivity contribution in [1.29, 1.82) is 0 Å². The van der Waals surface area contributed by atoms with E-state index in [1.54, 1.807) is 24.8 Å². The Morgan fingerprint density at radius 2 is 1.72 bits per heavy atom. The Hall–Kier alpha value is -4.85. The summed E-state index contributed by atoms with van der Waals surface area (Å²) in [5, 5.41) is 11.7. The Balaban J connectivity index is 1.38. The third-order valence-electron chi connectivity index (χ3n) is 6.56. The third-order valence-corrected chi connectivity index (χ3v) is 6.56. The molecule has 6 aromatic rings. The quantitative estimate of drug-likeness (QED) is 0.231. The molecule has 6 rings (SSSR count). The first-order valence-electron chi connectivity index (χ1n) is 12.9. The molecule has 0 atom stereocenters. The van der Waals surface area contributed by atoms with Crippen molar-refractivity contribution in [2.24, 2.45) is 5.41 Å². The van der Waals surface area contributed by atoms with E-state index >= 15 is 0 Å². The normalized spacial score (nSPS) is 11.8. The van der Waals surface area contributed by atoms with Crippen molar-refractivity contribution in [1.82, 2.24) is 30.1 Å². The van der Waals surface area contributed by atoms with E-state index in [-0.39, 0.29) is 11.3 Å². The van der Waals surface area contributed by atoms with E-state index in [2.05, 4.69) is 55.6 Å². The molecule has 0 bridgehead atoms. The minimum atomic E-state index is -0.0910. The zero-order valence-electron chi connectivity index (χ0n) is 22.3. The summed E-state index contributed by atoms with van der Waals surface area (Å²) in [4.78, 5) is 29.5. The Morgan fingerprint density at radius 1 is 0.897 bits per heavy atom. The van der Waals surface area contributed by atoms with Crippen molar-refractivity contribution in [3.8, 4) is 33.8 Å². The number of fused-ring (bicyclic) bond motifs is 2. The van der Waals surface area contributed by atoms with Gasteiger partial charge in [0.1, 0.15) is 5.69 Å². The number of hydrogen-bond donors (Lipinski definition) is 3. The first kappa shape index (κ1) is 24.5. The molecule has 0 unspecified atom stereocenters. The second-order valence-electron chi connectivity index (χ2n) is 11.1. The first-order chi connectivity index (χ1) is 18.7. The maximum Gasteiger partial charge on any atom is 0.224 e. The second-order valence-corrected chi connectivity index (χ2v) is 11.1. The maximum absolute atomic E-state index is 12.5. The molecule has 0 fully saturated rings. The monoisotopic (exact) mass is 515 g/mol. The summed E-state index contributed by atoms with van der Waals surface area (Å²) in [6.45, 7) is 8.21. The standard InChI is InChI=1S/C31H29N7O/c1-18-11-23(19-7-9-32-10-8-19)28-26(12-18)35-30(36-28)29-24-14-20(5-6-25(24)37-38-29)21-13-22(17-33-16-21)34-27(39)15-31(2,3)4/h5-14,16-17H,15H2,1-4H3,(H,34,39)(H,35,36)(H,37,38). The van der Waals surface area contributed by atoms with Gasteiger partial charge in [0.05, 0.1) is 28.4 Å². The number of hydrogen-bond acceptors (Lipinski definition) is 5. The van der Waals surface area contributed by atoms with E-state index in [1.165, 1.54) is 0 Å². The molecule has 194 valence electrons. The Bertz CT molecular complexity index is 1830. The van der Waals surface area contributed by atoms with Crippen molar-refractivity contribution >= 4 is 33.5 Å². The number of benzene rings is 2. The van der Waals surface area contributed by atoms with Crippen LogP contribution in [0.2, 0.25) is 0 Å². The summed E-state index contributed by atoms with van der Waals surface area (Å²) in [6, 6.07) is 16.3. The van der Waals surface area contributed by atoms with Gasteiger partial charge in [-0.15, -0.1) is 0 Å². The average Bonchev–Trinajstić information content (AvgIpc) is 3.51. The molecule has 0 radical (unpaired) electrons. The van der Waals surface area contributed by atoms with Gasteiger partial charge in [-0.3, -0.25) is 19.9 Å². The number of nitrogens with zero attached hydrogens (tertiary/aromatic N) is 4. The van der Waals surface area contributed by atoms with Gasteiger partial charge in [0.2, 0.25) is 5.91 Å². The van der Waals surface area contributed by atoms with E-state index in [9.17, 15) is 4.79 Å². The van der Waals surface area contributed by atoms with Crippen molar-refractivity contribution in [2.75, 3.05) is 5.32 Å². The van der Waals surface area contributed by atoms with Crippen LogP contribution >= 0.6 is 0 Å². The molecule has 0 saturated heterocycles. The Kier molecular flexibility index (Phi) is 5.95. The smallest absolute Gasteiger partial charge is 0.224 e. The number of amides is 1. The number of H-pyrrole nitrogens is 2. The Morgan fingerprint density at radius 3 is 2.51 bits per heavy atom. The topological polar surface area (TPSA) is 112 Å². The Labute approximate surface area is 225 Å². The lowest BCUT2D eigenvalue weighted by Crippen LogP contribution is -2.19. The van der Waals surface area contributed by atoms with Crippen LogP contribution in [0.1, 0.15) is 32.8 Å². The van der Waals surface area contributed by atoms with Gasteiger partial charge in [0, 0.05) is 41.5 Å². The van der Waals surface area contributed by atoms with Gasteiger partial charge in [-0.25, -0.2) is 4.98 Å². The minimum absolute atomic E-state index is 0.0275. The fourth-order valence-electron chi connectivity index (χ4n) is 4.85. The van der Waals surface area contributed by atoms with E-state index in [4.69, 9.17) is 4.98 Å². The lowest BCUT2D eigenvalue weighted by Gasteiger charge is -2.17. The predicted octanol–water partition coefficient (Wildman–Crippen LogP) is 6.91.